The van der Waals surface area contributed by atoms with E-state index in [-0.39, 0.29) is 23.2 Å². The van der Waals surface area contributed by atoms with Gasteiger partial charge < -0.3 is 15.5 Å². The van der Waals surface area contributed by atoms with Gasteiger partial charge in [0.15, 0.2) is 6.29 Å². The third kappa shape index (κ3) is 7.42. The molecule has 230 valence electrons. The standard InChI is InChI=1S/C38H32F2N4O2/c1-25(41)37-29(23-36(28-12-8-5-9-13-28)46-38(37)42-32-18-14-30(39)15-19-32)22-34(27-10-6-4-7-11-27)35(24-45)26(2)43-44(3)33-20-16-31(40)17-21-33/h4-24,41-42H,1-3H3/b29-22+,35-34-,41-25?,43-26-. The number of carbonyl (C=O) groups is 1. The van der Waals surface area contributed by atoms with Crippen molar-refractivity contribution in [2.24, 2.45) is 5.10 Å². The quantitative estimate of drug-likeness (QED) is 0.0810. The van der Waals surface area contributed by atoms with Crippen molar-refractivity contribution >= 4 is 40.4 Å². The number of allylic oxidation sites excluding steroid dienone is 6. The first-order valence-electron chi connectivity index (χ1n) is 14.5. The van der Waals surface area contributed by atoms with E-state index in [4.69, 9.17) is 10.1 Å². The van der Waals surface area contributed by atoms with Crippen molar-refractivity contribution in [2.45, 2.75) is 13.8 Å². The Bertz CT molecular complexity index is 1890. The van der Waals surface area contributed by atoms with Crippen LogP contribution in [0, 0.1) is 17.0 Å². The number of rotatable bonds is 10. The first kappa shape index (κ1) is 31.5. The molecule has 0 amide bonds. The van der Waals surface area contributed by atoms with Crippen LogP contribution in [0.4, 0.5) is 20.2 Å². The number of nitrogens with zero attached hydrogens (tertiary/aromatic N) is 2. The molecule has 0 fully saturated rings. The van der Waals surface area contributed by atoms with Gasteiger partial charge in [-0.15, -0.1) is 0 Å². The van der Waals surface area contributed by atoms with Gasteiger partial charge in [0.2, 0.25) is 5.88 Å². The van der Waals surface area contributed by atoms with E-state index in [1.165, 1.54) is 24.3 Å². The summed E-state index contributed by atoms with van der Waals surface area (Å²) in [5.41, 5.74) is 5.38. The van der Waals surface area contributed by atoms with Crippen molar-refractivity contribution in [3.8, 4) is 0 Å². The number of hydrogen-bond acceptors (Lipinski definition) is 6. The Kier molecular flexibility index (Phi) is 9.78. The fourth-order valence-corrected chi connectivity index (χ4v) is 4.96. The number of hydrazone groups is 1. The second-order valence-corrected chi connectivity index (χ2v) is 10.5. The Hall–Kier alpha value is -5.89. The summed E-state index contributed by atoms with van der Waals surface area (Å²) in [6, 6.07) is 30.7. The minimum absolute atomic E-state index is 0.209. The fraction of sp³-hybridized carbons (Fsp3) is 0.0789. The molecule has 2 N–H and O–H groups in total. The highest BCUT2D eigenvalue weighted by Gasteiger charge is 2.24. The highest BCUT2D eigenvalue weighted by molar-refractivity contribution is 6.21. The van der Waals surface area contributed by atoms with E-state index in [1.807, 2.05) is 72.8 Å². The highest BCUT2D eigenvalue weighted by Crippen LogP contribution is 2.35. The lowest BCUT2D eigenvalue weighted by Gasteiger charge is -2.25. The molecule has 0 bridgehead atoms. The van der Waals surface area contributed by atoms with Gasteiger partial charge in [0.1, 0.15) is 17.4 Å². The van der Waals surface area contributed by atoms with Gasteiger partial charge >= 0.3 is 0 Å². The summed E-state index contributed by atoms with van der Waals surface area (Å²) < 4.78 is 33.6. The zero-order valence-corrected chi connectivity index (χ0v) is 25.6. The molecule has 6 nitrogen and oxygen atoms in total. The lowest BCUT2D eigenvalue weighted by Crippen LogP contribution is -2.17. The van der Waals surface area contributed by atoms with Crippen LogP contribution in [-0.2, 0) is 9.53 Å². The molecule has 4 aromatic carbocycles. The Morgan fingerprint density at radius 1 is 0.848 bits per heavy atom. The van der Waals surface area contributed by atoms with Crippen LogP contribution in [0.15, 0.2) is 149 Å². The number of halogens is 2. The Morgan fingerprint density at radius 2 is 1.43 bits per heavy atom. The Morgan fingerprint density at radius 3 is 2.02 bits per heavy atom. The number of carbonyl (C=O) groups excluding carboxylic acids is 1. The van der Waals surface area contributed by atoms with Crippen LogP contribution in [0.1, 0.15) is 25.0 Å². The SMILES string of the molecule is CC(=N)C1=C(Nc2ccc(F)cc2)OC(c2ccccc2)=C\C1=C/C(=C(C=O)/C(C)=N\N(C)c1ccc(F)cc1)c1ccccc1. The summed E-state index contributed by atoms with van der Waals surface area (Å²) in [5.74, 6) is 0.0673. The van der Waals surface area contributed by atoms with E-state index in [1.54, 1.807) is 50.2 Å². The van der Waals surface area contributed by atoms with Gasteiger partial charge in [-0.25, -0.2) is 8.78 Å². The monoisotopic (exact) mass is 614 g/mol. The molecule has 0 spiro atoms. The zero-order valence-electron chi connectivity index (χ0n) is 25.6. The normalized spacial score (nSPS) is 14.7. The van der Waals surface area contributed by atoms with E-state index < -0.39 is 0 Å². The van der Waals surface area contributed by atoms with E-state index >= 15 is 0 Å². The average molecular weight is 615 g/mol. The average Bonchev–Trinajstić information content (AvgIpc) is 3.06. The minimum atomic E-state index is -0.376. The van der Waals surface area contributed by atoms with Crippen LogP contribution < -0.4 is 10.3 Å². The molecular formula is C38H32F2N4O2. The number of benzene rings is 4. The van der Waals surface area contributed by atoms with Crippen LogP contribution in [0.2, 0.25) is 0 Å². The highest BCUT2D eigenvalue weighted by atomic mass is 19.1. The number of hydrogen-bond donors (Lipinski definition) is 2. The lowest BCUT2D eigenvalue weighted by molar-refractivity contribution is -0.104. The summed E-state index contributed by atoms with van der Waals surface area (Å²) in [6.45, 7) is 3.39. The first-order chi connectivity index (χ1) is 22.2. The number of ether oxygens (including phenoxy) is 1. The largest absolute Gasteiger partial charge is 0.440 e. The van der Waals surface area contributed by atoms with Gasteiger partial charge in [0.05, 0.1) is 17.0 Å². The molecule has 1 heterocycles. The lowest BCUT2D eigenvalue weighted by atomic mass is 9.91. The maximum absolute atomic E-state index is 13.7. The van der Waals surface area contributed by atoms with Gasteiger partial charge in [0, 0.05) is 29.6 Å². The second-order valence-electron chi connectivity index (χ2n) is 10.5. The predicted octanol–water partition coefficient (Wildman–Crippen LogP) is 8.79. The van der Waals surface area contributed by atoms with Crippen LogP contribution >= 0.6 is 0 Å². The van der Waals surface area contributed by atoms with Crippen molar-refractivity contribution in [3.63, 3.8) is 0 Å². The van der Waals surface area contributed by atoms with Gasteiger partial charge in [-0.2, -0.15) is 5.10 Å². The molecule has 0 aromatic heterocycles. The molecule has 5 rings (SSSR count). The van der Waals surface area contributed by atoms with E-state index in [0.717, 1.165) is 17.4 Å². The predicted molar refractivity (Wildman–Crippen MR) is 181 cm³/mol. The smallest absolute Gasteiger partial charge is 0.207 e. The second kappa shape index (κ2) is 14.3. The van der Waals surface area contributed by atoms with Gasteiger partial charge in [-0.3, -0.25) is 9.80 Å². The summed E-state index contributed by atoms with van der Waals surface area (Å²) in [4.78, 5) is 12.8. The van der Waals surface area contributed by atoms with Gasteiger partial charge in [0.25, 0.3) is 0 Å². The summed E-state index contributed by atoms with van der Waals surface area (Å²) in [6.07, 6.45) is 4.44. The molecule has 8 heteroatoms. The van der Waals surface area contributed by atoms with Gasteiger partial charge in [-0.05, 0) is 91.2 Å². The minimum Gasteiger partial charge on any atom is -0.440 e. The number of nitrogens with one attached hydrogen (secondary N) is 2. The molecule has 0 saturated carbocycles. The van der Waals surface area contributed by atoms with Crippen molar-refractivity contribution in [3.05, 3.63) is 167 Å². The van der Waals surface area contributed by atoms with E-state index in [2.05, 4.69) is 10.4 Å². The number of anilines is 2. The number of aldehydes is 1. The Balaban J connectivity index is 1.72. The third-order valence-corrected chi connectivity index (χ3v) is 7.23. The van der Waals surface area contributed by atoms with Crippen molar-refractivity contribution in [2.75, 3.05) is 17.4 Å². The molecule has 1 aliphatic rings. The van der Waals surface area contributed by atoms with Crippen molar-refractivity contribution < 1.29 is 18.3 Å². The first-order valence-corrected chi connectivity index (χ1v) is 14.5. The zero-order chi connectivity index (χ0) is 32.6. The Labute approximate surface area is 266 Å². The van der Waals surface area contributed by atoms with Gasteiger partial charge in [-0.1, -0.05) is 60.7 Å². The van der Waals surface area contributed by atoms with Crippen LogP contribution in [0.5, 0.6) is 0 Å². The molecule has 46 heavy (non-hydrogen) atoms. The van der Waals surface area contributed by atoms with Crippen LogP contribution in [0.25, 0.3) is 11.3 Å². The molecule has 1 aliphatic heterocycles. The fourth-order valence-electron chi connectivity index (χ4n) is 4.96. The van der Waals surface area contributed by atoms with Crippen molar-refractivity contribution in [1.29, 1.82) is 5.41 Å². The molecule has 0 radical (unpaired) electrons. The summed E-state index contributed by atoms with van der Waals surface area (Å²) in [5, 5.41) is 18.2. The van der Waals surface area contributed by atoms with E-state index in [0.29, 0.717) is 45.1 Å². The molecule has 0 aliphatic carbocycles. The molecule has 4 aromatic rings. The maximum atomic E-state index is 13.7. The van der Waals surface area contributed by atoms with Crippen LogP contribution in [0.3, 0.4) is 0 Å². The third-order valence-electron chi connectivity index (χ3n) is 7.23. The van der Waals surface area contributed by atoms with Crippen LogP contribution in [-0.4, -0.2) is 24.8 Å². The topological polar surface area (TPSA) is 77.8 Å². The maximum Gasteiger partial charge on any atom is 0.207 e. The summed E-state index contributed by atoms with van der Waals surface area (Å²) >= 11 is 0. The summed E-state index contributed by atoms with van der Waals surface area (Å²) in [7, 11) is 1.72. The molecule has 0 saturated heterocycles. The molecule has 0 atom stereocenters. The van der Waals surface area contributed by atoms with E-state index in [9.17, 15) is 13.6 Å². The van der Waals surface area contributed by atoms with Crippen molar-refractivity contribution in [1.82, 2.24) is 0 Å². The molecular weight excluding hydrogens is 582 g/mol. The molecule has 0 unspecified atom stereocenters.